The predicted octanol–water partition coefficient (Wildman–Crippen LogP) is -5.77. The Morgan fingerprint density at radius 3 is 1.25 bits per heavy atom. The molecule has 4 heteroatoms. The molecule has 0 spiro atoms. The molecule has 0 aliphatic heterocycles. The van der Waals surface area contributed by atoms with Crippen molar-refractivity contribution in [3.05, 3.63) is 0 Å². The first-order valence-electron chi connectivity index (χ1n) is 0. The van der Waals surface area contributed by atoms with Crippen molar-refractivity contribution in [1.29, 1.82) is 0 Å². The number of rotatable bonds is 0. The second-order valence-corrected chi connectivity index (χ2v) is 0. The molecule has 0 aliphatic carbocycles. The van der Waals surface area contributed by atoms with Crippen molar-refractivity contribution in [2.24, 2.45) is 0 Å². The quantitative estimate of drug-likeness (QED) is 0.314. The van der Waals surface area contributed by atoms with E-state index in [1.807, 2.05) is 0 Å². The van der Waals surface area contributed by atoms with Crippen LogP contribution in [-0.2, 0) is 33.3 Å². The van der Waals surface area contributed by atoms with Gasteiger partial charge in [-0.2, -0.15) is 0 Å². The average molecular weight is 166 g/mol. The summed E-state index contributed by atoms with van der Waals surface area (Å²) in [5, 5.41) is 0. The molecule has 0 bridgehead atoms. The van der Waals surface area contributed by atoms with Gasteiger partial charge < -0.3 is 2.85 Å². The van der Waals surface area contributed by atoms with E-state index in [4.69, 9.17) is 0 Å². The molecule has 0 saturated heterocycles. The van der Waals surface area contributed by atoms with Crippen molar-refractivity contribution >= 4 is 0 Å². The Balaban J connectivity index is 0. The van der Waals surface area contributed by atoms with Gasteiger partial charge in [-0.15, -0.1) is 0 Å². The van der Waals surface area contributed by atoms with Crippen LogP contribution in [0.1, 0.15) is 2.85 Å². The fourth-order valence-corrected chi connectivity index (χ4v) is 0. The summed E-state index contributed by atoms with van der Waals surface area (Å²) < 4.78 is 0. The number of hydrogen-bond donors (Lipinski definition) is 0. The van der Waals surface area contributed by atoms with Gasteiger partial charge in [-0.3, -0.25) is 0 Å². The van der Waals surface area contributed by atoms with E-state index in [0.717, 1.165) is 0 Å². The third-order valence-electron chi connectivity index (χ3n) is 0. The van der Waals surface area contributed by atoms with Crippen molar-refractivity contribution in [3.8, 4) is 0 Å². The maximum atomic E-state index is 0. The molecule has 0 aliphatic rings. The van der Waals surface area contributed by atoms with Crippen molar-refractivity contribution in [1.82, 2.24) is 0 Å². The second-order valence-electron chi connectivity index (χ2n) is 0. The summed E-state index contributed by atoms with van der Waals surface area (Å²) in [7, 11) is 0. The van der Waals surface area contributed by atoms with E-state index >= 15 is 0 Å². The molecule has 0 nitrogen and oxygen atoms in total. The molecule has 0 amide bonds. The standard InChI is InChI=1S/Co.K.Li.Ni.2H/q;2*+1;;2*-1. The normalized spacial score (nSPS) is 0. The van der Waals surface area contributed by atoms with Crippen LogP contribution in [0.15, 0.2) is 0 Å². The summed E-state index contributed by atoms with van der Waals surface area (Å²) in [4.78, 5) is 0. The monoisotopic (exact) mass is 165 g/mol. The van der Waals surface area contributed by atoms with Crippen LogP contribution in [0.5, 0.6) is 0 Å². The van der Waals surface area contributed by atoms with Crippen molar-refractivity contribution in [3.63, 3.8) is 0 Å². The summed E-state index contributed by atoms with van der Waals surface area (Å²) >= 11 is 0. The van der Waals surface area contributed by atoms with Crippen LogP contribution in [-0.4, -0.2) is 0 Å². The third kappa shape index (κ3) is 8.97. The smallest absolute Gasteiger partial charge is 1.00 e. The fraction of sp³-hybridized carbons (Fsp3) is 0. The molecule has 0 fully saturated rings. The van der Waals surface area contributed by atoms with Crippen molar-refractivity contribution < 1.29 is 106 Å². The molecule has 0 unspecified atom stereocenters. The molecule has 4 heavy (non-hydrogen) atoms. The van der Waals surface area contributed by atoms with Crippen LogP contribution in [0.2, 0.25) is 0 Å². The van der Waals surface area contributed by atoms with E-state index in [1.165, 1.54) is 0 Å². The Labute approximate surface area is 104 Å². The van der Waals surface area contributed by atoms with Gasteiger partial charge in [-0.05, 0) is 0 Å². The minimum atomic E-state index is 0. The van der Waals surface area contributed by atoms with Crippen molar-refractivity contribution in [2.75, 3.05) is 0 Å². The van der Waals surface area contributed by atoms with Crippen LogP contribution in [0, 0.1) is 0 Å². The molecule has 0 rings (SSSR count). The molecule has 0 heterocycles. The zero-order valence-corrected chi connectivity index (χ0v) is 7.80. The van der Waals surface area contributed by atoms with Gasteiger partial charge in [0, 0.05) is 33.3 Å². The van der Waals surface area contributed by atoms with Crippen LogP contribution in [0.3, 0.4) is 0 Å². The molecule has 0 saturated carbocycles. The molecule has 0 N–H and O–H groups in total. The zero-order chi connectivity index (χ0) is 0. The van der Waals surface area contributed by atoms with Gasteiger partial charge in [-0.1, -0.05) is 0 Å². The molecule has 0 atom stereocenters. The molecule has 0 aromatic rings. The minimum Gasteiger partial charge on any atom is -1.00 e. The van der Waals surface area contributed by atoms with E-state index in [-0.39, 0.29) is 106 Å². The van der Waals surface area contributed by atoms with Gasteiger partial charge in [0.25, 0.3) is 0 Å². The maximum Gasteiger partial charge on any atom is 1.00 e. The first kappa shape index (κ1) is 26.9. The third-order valence-corrected chi connectivity index (χ3v) is 0. The molecular formula is H2CoKLiNi. The predicted molar refractivity (Wildman–Crippen MR) is 2.22 cm³/mol. The van der Waals surface area contributed by atoms with E-state index in [2.05, 4.69) is 0 Å². The summed E-state index contributed by atoms with van der Waals surface area (Å²) in [6.45, 7) is 0. The molecule has 0 aromatic carbocycles. The van der Waals surface area contributed by atoms with Gasteiger partial charge in [0.05, 0.1) is 0 Å². The summed E-state index contributed by atoms with van der Waals surface area (Å²) in [5.41, 5.74) is 0. The Kier molecular flexibility index (Phi) is 110. The first-order chi connectivity index (χ1) is 0. The topological polar surface area (TPSA) is 0 Å². The summed E-state index contributed by atoms with van der Waals surface area (Å²) in [6.07, 6.45) is 0. The molecule has 23 valence electrons. The SMILES string of the molecule is [Co].[H-].[H-].[K+].[Li+].[Ni]. The minimum absolute atomic E-state index is 0. The zero-order valence-electron chi connectivity index (χ0n) is 4.65. The number of hydrogen-bond acceptors (Lipinski definition) is 0. The Bertz CT molecular complexity index is 13.5. The van der Waals surface area contributed by atoms with Gasteiger partial charge in [-0.25, -0.2) is 0 Å². The van der Waals surface area contributed by atoms with E-state index in [1.54, 1.807) is 0 Å². The molecular weight excluding hydrogens is 164 g/mol. The van der Waals surface area contributed by atoms with Crippen LogP contribution in [0.25, 0.3) is 0 Å². The Hall–Kier alpha value is 3.23. The van der Waals surface area contributed by atoms with Crippen LogP contribution >= 0.6 is 0 Å². The fourth-order valence-electron chi connectivity index (χ4n) is 0. The van der Waals surface area contributed by atoms with E-state index < -0.39 is 0 Å². The first-order valence-corrected chi connectivity index (χ1v) is 0. The molecule has 1 radical (unpaired) electrons. The van der Waals surface area contributed by atoms with Gasteiger partial charge in [0.1, 0.15) is 0 Å². The Morgan fingerprint density at radius 2 is 1.25 bits per heavy atom. The van der Waals surface area contributed by atoms with Gasteiger partial charge in [0.15, 0.2) is 0 Å². The van der Waals surface area contributed by atoms with Crippen molar-refractivity contribution in [2.45, 2.75) is 0 Å². The van der Waals surface area contributed by atoms with E-state index in [0.29, 0.717) is 0 Å². The summed E-state index contributed by atoms with van der Waals surface area (Å²) in [6, 6.07) is 0. The maximum absolute atomic E-state index is 0. The van der Waals surface area contributed by atoms with Gasteiger partial charge in [0.2, 0.25) is 0 Å². The second kappa shape index (κ2) is 16.3. The van der Waals surface area contributed by atoms with E-state index in [9.17, 15) is 0 Å². The van der Waals surface area contributed by atoms with Crippen LogP contribution in [0.4, 0.5) is 0 Å². The Morgan fingerprint density at radius 1 is 1.25 bits per heavy atom. The largest absolute Gasteiger partial charge is 1.00 e. The summed E-state index contributed by atoms with van der Waals surface area (Å²) in [5.74, 6) is 0. The molecule has 0 aromatic heterocycles. The van der Waals surface area contributed by atoms with Gasteiger partial charge >= 0.3 is 70.2 Å². The van der Waals surface area contributed by atoms with Crippen LogP contribution < -0.4 is 70.2 Å². The average Bonchev–Trinajstić information content (AvgIpc) is 0.